The van der Waals surface area contributed by atoms with Gasteiger partial charge in [-0.2, -0.15) is 9.78 Å². The Morgan fingerprint density at radius 3 is 2.57 bits per heavy atom. The van der Waals surface area contributed by atoms with Crippen LogP contribution in [0.5, 0.6) is 11.6 Å². The minimum Gasteiger partial charge on any atom is -0.436 e. The summed E-state index contributed by atoms with van der Waals surface area (Å²) in [5.74, 6) is -1.22. The predicted octanol–water partition coefficient (Wildman–Crippen LogP) is 4.50. The first kappa shape index (κ1) is 21.0. The molecule has 0 saturated heterocycles. The number of para-hydroxylation sites is 1. The normalized spacial score (nSPS) is 10.7. The van der Waals surface area contributed by atoms with Crippen LogP contribution in [0.15, 0.2) is 48.5 Å². The number of nitrogens with zero attached hydrogens (tertiary/aromatic N) is 4. The van der Waals surface area contributed by atoms with Crippen molar-refractivity contribution >= 4 is 11.6 Å². The number of hydrogen-bond acceptors (Lipinski definition) is 5. The van der Waals surface area contributed by atoms with Gasteiger partial charge in [0.15, 0.2) is 17.3 Å². The van der Waals surface area contributed by atoms with E-state index in [1.165, 1.54) is 10.7 Å². The summed E-state index contributed by atoms with van der Waals surface area (Å²) in [6, 6.07) is 12.1. The number of nitro benzene ring substituents is 1. The zero-order chi connectivity index (χ0) is 21.8. The highest BCUT2D eigenvalue weighted by Crippen LogP contribution is 2.33. The highest BCUT2D eigenvalue weighted by atomic mass is 19.1. The van der Waals surface area contributed by atoms with Gasteiger partial charge in [0, 0.05) is 25.2 Å². The van der Waals surface area contributed by atoms with Crippen molar-refractivity contribution in [2.24, 2.45) is 0 Å². The molecule has 3 rings (SSSR count). The SMILES string of the molecule is CCCN(C)C(=O)c1nn(-c2ccccc2)c(Oc2ccc([N+](=O)[O-])cc2F)c1C. The van der Waals surface area contributed by atoms with Gasteiger partial charge < -0.3 is 9.64 Å². The maximum atomic E-state index is 14.4. The van der Waals surface area contributed by atoms with E-state index in [9.17, 15) is 19.3 Å². The first-order valence-corrected chi connectivity index (χ1v) is 9.35. The molecule has 0 atom stereocenters. The largest absolute Gasteiger partial charge is 0.436 e. The van der Waals surface area contributed by atoms with Crippen molar-refractivity contribution in [3.8, 4) is 17.3 Å². The topological polar surface area (TPSA) is 90.5 Å². The third-order valence-corrected chi connectivity index (χ3v) is 4.51. The van der Waals surface area contributed by atoms with Crippen LogP contribution in [-0.4, -0.2) is 39.1 Å². The molecule has 9 heteroatoms. The Labute approximate surface area is 172 Å². The quantitative estimate of drug-likeness (QED) is 0.421. The third-order valence-electron chi connectivity index (χ3n) is 4.51. The maximum Gasteiger partial charge on any atom is 0.274 e. The molecule has 1 heterocycles. The van der Waals surface area contributed by atoms with E-state index in [0.717, 1.165) is 18.6 Å². The lowest BCUT2D eigenvalue weighted by atomic mass is 10.2. The molecule has 1 aromatic heterocycles. The second kappa shape index (κ2) is 8.73. The molecule has 2 aromatic carbocycles. The summed E-state index contributed by atoms with van der Waals surface area (Å²) in [6.45, 7) is 4.19. The average molecular weight is 412 g/mol. The lowest BCUT2D eigenvalue weighted by Crippen LogP contribution is -2.28. The van der Waals surface area contributed by atoms with Crippen molar-refractivity contribution in [3.05, 3.63) is 75.7 Å². The van der Waals surface area contributed by atoms with Crippen LogP contribution in [0.2, 0.25) is 0 Å². The van der Waals surface area contributed by atoms with Crippen LogP contribution >= 0.6 is 0 Å². The van der Waals surface area contributed by atoms with Gasteiger partial charge in [-0.15, -0.1) is 0 Å². The number of halogens is 1. The molecule has 0 spiro atoms. The number of benzene rings is 2. The fourth-order valence-electron chi connectivity index (χ4n) is 2.96. The van der Waals surface area contributed by atoms with Crippen LogP contribution in [-0.2, 0) is 0 Å². The molecule has 30 heavy (non-hydrogen) atoms. The van der Waals surface area contributed by atoms with E-state index >= 15 is 0 Å². The van der Waals surface area contributed by atoms with Crippen LogP contribution in [0, 0.1) is 22.9 Å². The molecule has 0 aliphatic rings. The molecule has 0 aliphatic heterocycles. The second-order valence-electron chi connectivity index (χ2n) is 6.73. The number of carbonyl (C=O) groups excluding carboxylic acids is 1. The van der Waals surface area contributed by atoms with Gasteiger partial charge in [-0.1, -0.05) is 25.1 Å². The lowest BCUT2D eigenvalue weighted by Gasteiger charge is -2.14. The Balaban J connectivity index is 2.08. The Hall–Kier alpha value is -3.75. The number of nitro groups is 1. The fourth-order valence-corrected chi connectivity index (χ4v) is 2.96. The van der Waals surface area contributed by atoms with Gasteiger partial charge in [0.1, 0.15) is 0 Å². The van der Waals surface area contributed by atoms with E-state index in [1.54, 1.807) is 43.1 Å². The van der Waals surface area contributed by atoms with Gasteiger partial charge in [-0.05, 0) is 31.5 Å². The van der Waals surface area contributed by atoms with Crippen molar-refractivity contribution in [3.63, 3.8) is 0 Å². The molecule has 0 N–H and O–H groups in total. The van der Waals surface area contributed by atoms with E-state index in [2.05, 4.69) is 5.10 Å². The Morgan fingerprint density at radius 1 is 1.27 bits per heavy atom. The second-order valence-corrected chi connectivity index (χ2v) is 6.73. The fraction of sp³-hybridized carbons (Fsp3) is 0.238. The van der Waals surface area contributed by atoms with Gasteiger partial charge >= 0.3 is 0 Å². The van der Waals surface area contributed by atoms with Gasteiger partial charge in [0.05, 0.1) is 16.7 Å². The monoisotopic (exact) mass is 412 g/mol. The number of non-ortho nitro benzene ring substituents is 1. The zero-order valence-corrected chi connectivity index (χ0v) is 16.8. The van der Waals surface area contributed by atoms with E-state index in [0.29, 0.717) is 17.8 Å². The van der Waals surface area contributed by atoms with Crippen LogP contribution < -0.4 is 4.74 Å². The number of amides is 1. The summed E-state index contributed by atoms with van der Waals surface area (Å²) in [6.07, 6.45) is 0.790. The summed E-state index contributed by atoms with van der Waals surface area (Å²) >= 11 is 0. The third kappa shape index (κ3) is 4.14. The van der Waals surface area contributed by atoms with Crippen molar-refractivity contribution in [1.29, 1.82) is 0 Å². The van der Waals surface area contributed by atoms with E-state index in [1.807, 2.05) is 13.0 Å². The molecule has 0 bridgehead atoms. The Bertz CT molecular complexity index is 1080. The van der Waals surface area contributed by atoms with Crippen LogP contribution in [0.4, 0.5) is 10.1 Å². The van der Waals surface area contributed by atoms with E-state index in [4.69, 9.17) is 4.74 Å². The molecule has 8 nitrogen and oxygen atoms in total. The van der Waals surface area contributed by atoms with Gasteiger partial charge in [0.2, 0.25) is 5.88 Å². The number of aromatic nitrogens is 2. The average Bonchev–Trinajstić information content (AvgIpc) is 3.05. The molecule has 0 aliphatic carbocycles. The smallest absolute Gasteiger partial charge is 0.274 e. The molecular weight excluding hydrogens is 391 g/mol. The zero-order valence-electron chi connectivity index (χ0n) is 16.8. The summed E-state index contributed by atoms with van der Waals surface area (Å²) in [5, 5.41) is 15.3. The molecule has 0 saturated carbocycles. The van der Waals surface area contributed by atoms with Crippen LogP contribution in [0.25, 0.3) is 5.69 Å². The lowest BCUT2D eigenvalue weighted by molar-refractivity contribution is -0.385. The standard InChI is InChI=1S/C21H21FN4O4/c1-4-12-24(3)20(27)19-14(2)21(25(23-19)15-8-6-5-7-9-15)30-18-11-10-16(26(28)29)13-17(18)22/h5-11,13H,4,12H2,1-3H3. The number of carbonyl (C=O) groups is 1. The Morgan fingerprint density at radius 2 is 1.97 bits per heavy atom. The van der Waals surface area contributed by atoms with Crippen LogP contribution in [0.1, 0.15) is 29.4 Å². The molecule has 1 amide bonds. The molecule has 3 aromatic rings. The van der Waals surface area contributed by atoms with Crippen molar-refractivity contribution < 1.29 is 18.8 Å². The highest BCUT2D eigenvalue weighted by Gasteiger charge is 2.25. The van der Waals surface area contributed by atoms with Gasteiger partial charge in [-0.25, -0.2) is 4.39 Å². The molecule has 0 radical (unpaired) electrons. The minimum absolute atomic E-state index is 0.155. The Kier molecular flexibility index (Phi) is 6.10. The molecule has 156 valence electrons. The number of ether oxygens (including phenoxy) is 1. The van der Waals surface area contributed by atoms with Crippen molar-refractivity contribution in [1.82, 2.24) is 14.7 Å². The van der Waals surface area contributed by atoms with Gasteiger partial charge in [-0.3, -0.25) is 14.9 Å². The molecular formula is C21H21FN4O4. The first-order chi connectivity index (χ1) is 14.3. The molecule has 0 unspecified atom stereocenters. The first-order valence-electron chi connectivity index (χ1n) is 9.35. The minimum atomic E-state index is -0.889. The summed E-state index contributed by atoms with van der Waals surface area (Å²) in [7, 11) is 1.68. The summed E-state index contributed by atoms with van der Waals surface area (Å²) < 4.78 is 21.6. The van der Waals surface area contributed by atoms with Gasteiger partial charge in [0.25, 0.3) is 11.6 Å². The van der Waals surface area contributed by atoms with Crippen molar-refractivity contribution in [2.45, 2.75) is 20.3 Å². The summed E-state index contributed by atoms with van der Waals surface area (Å²) in [4.78, 5) is 24.6. The van der Waals surface area contributed by atoms with Crippen molar-refractivity contribution in [2.75, 3.05) is 13.6 Å². The summed E-state index contributed by atoms with van der Waals surface area (Å²) in [5.41, 5.74) is 0.858. The number of rotatable bonds is 7. The maximum absolute atomic E-state index is 14.4. The highest BCUT2D eigenvalue weighted by molar-refractivity contribution is 5.94. The predicted molar refractivity (Wildman–Crippen MR) is 109 cm³/mol. The van der Waals surface area contributed by atoms with E-state index < -0.39 is 10.7 Å². The van der Waals surface area contributed by atoms with Crippen LogP contribution in [0.3, 0.4) is 0 Å². The number of hydrogen-bond donors (Lipinski definition) is 0. The molecule has 0 fully saturated rings. The van der Waals surface area contributed by atoms with E-state index in [-0.39, 0.29) is 28.9 Å².